The highest BCUT2D eigenvalue weighted by molar-refractivity contribution is 9.10. The van der Waals surface area contributed by atoms with E-state index >= 15 is 0 Å². The quantitative estimate of drug-likeness (QED) is 0.810. The van der Waals surface area contributed by atoms with Gasteiger partial charge in [0.25, 0.3) is 5.91 Å². The lowest BCUT2D eigenvalue weighted by Gasteiger charge is -2.36. The molecule has 23 heavy (non-hydrogen) atoms. The molecule has 2 aliphatic rings. The average Bonchev–Trinajstić information content (AvgIpc) is 2.50. The van der Waals surface area contributed by atoms with Crippen molar-refractivity contribution in [1.29, 1.82) is 0 Å². The summed E-state index contributed by atoms with van der Waals surface area (Å²) in [7, 11) is 0. The smallest absolute Gasteiger partial charge is 0.265 e. The van der Waals surface area contributed by atoms with E-state index in [1.165, 1.54) is 4.90 Å². The molecule has 1 aromatic rings. The highest BCUT2D eigenvalue weighted by Gasteiger charge is 2.31. The molecule has 2 aliphatic heterocycles. The number of halogens is 2. The maximum absolute atomic E-state index is 12.6. The maximum Gasteiger partial charge on any atom is 0.265 e. The average molecular weight is 405 g/mol. The summed E-state index contributed by atoms with van der Waals surface area (Å²) in [5.74, 6) is 0.402. The van der Waals surface area contributed by atoms with Gasteiger partial charge < -0.3 is 15.0 Å². The molecule has 1 saturated heterocycles. The molecular weight excluding hydrogens is 386 g/mol. The van der Waals surface area contributed by atoms with Crippen molar-refractivity contribution in [3.63, 3.8) is 0 Å². The molecule has 8 heteroatoms. The van der Waals surface area contributed by atoms with Gasteiger partial charge in [0.15, 0.2) is 6.61 Å². The number of hydrogen-bond donors (Lipinski definition) is 1. The molecule has 2 amide bonds. The second-order valence-corrected chi connectivity index (χ2v) is 6.44. The molecule has 0 saturated carbocycles. The lowest BCUT2D eigenvalue weighted by molar-refractivity contribution is -0.134. The fourth-order valence-corrected chi connectivity index (χ4v) is 3.13. The van der Waals surface area contributed by atoms with Crippen molar-refractivity contribution < 1.29 is 14.3 Å². The Hall–Kier alpha value is -1.31. The minimum absolute atomic E-state index is 0. The van der Waals surface area contributed by atoms with Crippen LogP contribution in [0.3, 0.4) is 0 Å². The fourth-order valence-electron chi connectivity index (χ4n) is 2.79. The van der Waals surface area contributed by atoms with E-state index in [1.807, 2.05) is 24.0 Å². The van der Waals surface area contributed by atoms with Crippen LogP contribution in [-0.2, 0) is 9.59 Å². The summed E-state index contributed by atoms with van der Waals surface area (Å²) in [5, 5.41) is 3.25. The molecule has 1 atom stereocenters. The van der Waals surface area contributed by atoms with Gasteiger partial charge in [0, 0.05) is 30.1 Å². The van der Waals surface area contributed by atoms with Gasteiger partial charge in [0.05, 0.1) is 5.69 Å². The third-order valence-corrected chi connectivity index (χ3v) is 4.47. The molecular formula is C15H19BrClN3O3. The first-order valence-electron chi connectivity index (χ1n) is 7.29. The van der Waals surface area contributed by atoms with Gasteiger partial charge in [-0.1, -0.05) is 15.9 Å². The van der Waals surface area contributed by atoms with Crippen molar-refractivity contribution in [1.82, 2.24) is 10.2 Å². The molecule has 0 bridgehead atoms. The minimum Gasteiger partial charge on any atom is -0.482 e. The number of carbonyl (C=O) groups excluding carboxylic acids is 2. The van der Waals surface area contributed by atoms with Crippen LogP contribution in [0, 0.1) is 0 Å². The molecule has 3 rings (SSSR count). The fraction of sp³-hybridized carbons (Fsp3) is 0.467. The number of benzene rings is 1. The number of amides is 2. The molecule has 0 aliphatic carbocycles. The SMILES string of the molecule is CC1CNCCN1C(=O)CN1C(=O)COc2cc(Br)ccc21.Cl. The zero-order valence-corrected chi connectivity index (χ0v) is 15.2. The highest BCUT2D eigenvalue weighted by Crippen LogP contribution is 2.34. The number of anilines is 1. The zero-order chi connectivity index (χ0) is 15.7. The molecule has 0 radical (unpaired) electrons. The predicted molar refractivity (Wildman–Crippen MR) is 93.3 cm³/mol. The van der Waals surface area contributed by atoms with Gasteiger partial charge in [0.1, 0.15) is 12.3 Å². The summed E-state index contributed by atoms with van der Waals surface area (Å²) in [6, 6.07) is 5.59. The van der Waals surface area contributed by atoms with Crippen LogP contribution in [0.15, 0.2) is 22.7 Å². The van der Waals surface area contributed by atoms with Gasteiger partial charge >= 0.3 is 0 Å². The number of nitrogens with zero attached hydrogens (tertiary/aromatic N) is 2. The molecule has 1 aromatic carbocycles. The van der Waals surface area contributed by atoms with Gasteiger partial charge in [0.2, 0.25) is 5.91 Å². The van der Waals surface area contributed by atoms with Crippen molar-refractivity contribution >= 4 is 45.8 Å². The number of fused-ring (bicyclic) bond motifs is 1. The summed E-state index contributed by atoms with van der Waals surface area (Å²) in [6.45, 7) is 4.28. The Bertz CT molecular complexity index is 614. The van der Waals surface area contributed by atoms with E-state index in [0.717, 1.165) is 17.6 Å². The molecule has 1 fully saturated rings. The summed E-state index contributed by atoms with van der Waals surface area (Å²) >= 11 is 3.38. The molecule has 1 N–H and O–H groups in total. The molecule has 0 aromatic heterocycles. The first-order chi connectivity index (χ1) is 10.6. The van der Waals surface area contributed by atoms with Crippen LogP contribution < -0.4 is 15.0 Å². The minimum atomic E-state index is -0.189. The summed E-state index contributed by atoms with van der Waals surface area (Å²) < 4.78 is 6.32. The Kier molecular flexibility index (Phi) is 5.89. The molecule has 1 unspecified atom stereocenters. The van der Waals surface area contributed by atoms with E-state index in [4.69, 9.17) is 4.74 Å². The van der Waals surface area contributed by atoms with Crippen LogP contribution in [-0.4, -0.2) is 55.5 Å². The highest BCUT2D eigenvalue weighted by atomic mass is 79.9. The first-order valence-corrected chi connectivity index (χ1v) is 8.08. The third-order valence-electron chi connectivity index (χ3n) is 3.98. The maximum atomic E-state index is 12.6. The topological polar surface area (TPSA) is 61.9 Å². The number of carbonyl (C=O) groups is 2. The van der Waals surface area contributed by atoms with E-state index in [0.29, 0.717) is 18.0 Å². The lowest BCUT2D eigenvalue weighted by Crippen LogP contribution is -2.55. The predicted octanol–water partition coefficient (Wildman–Crippen LogP) is 1.42. The van der Waals surface area contributed by atoms with Crippen LogP contribution in [0.25, 0.3) is 0 Å². The van der Waals surface area contributed by atoms with Crippen molar-refractivity contribution in [2.45, 2.75) is 13.0 Å². The van der Waals surface area contributed by atoms with Crippen LogP contribution in [0.5, 0.6) is 5.75 Å². The number of ether oxygens (including phenoxy) is 1. The standard InChI is InChI=1S/C15H18BrN3O3.ClH/c1-10-7-17-4-5-18(10)14(20)8-19-12-3-2-11(16)6-13(12)22-9-15(19)21;/h2-3,6,10,17H,4-5,7-9H2,1H3;1H. The van der Waals surface area contributed by atoms with Crippen molar-refractivity contribution in [3.05, 3.63) is 22.7 Å². The zero-order valence-electron chi connectivity index (χ0n) is 12.8. The Balaban J connectivity index is 0.00000192. The number of hydrogen-bond acceptors (Lipinski definition) is 4. The number of rotatable bonds is 2. The lowest BCUT2D eigenvalue weighted by atomic mass is 10.2. The Labute approximate surface area is 149 Å². The van der Waals surface area contributed by atoms with E-state index in [-0.39, 0.29) is 43.4 Å². The van der Waals surface area contributed by atoms with Gasteiger partial charge in [-0.3, -0.25) is 14.5 Å². The second kappa shape index (κ2) is 7.51. The van der Waals surface area contributed by atoms with Crippen molar-refractivity contribution in [3.8, 4) is 5.75 Å². The Morgan fingerprint density at radius 2 is 2.26 bits per heavy atom. The van der Waals surface area contributed by atoms with E-state index in [9.17, 15) is 9.59 Å². The van der Waals surface area contributed by atoms with Gasteiger partial charge in [-0.2, -0.15) is 0 Å². The summed E-state index contributed by atoms with van der Waals surface area (Å²) in [6.07, 6.45) is 0. The van der Waals surface area contributed by atoms with Crippen molar-refractivity contribution in [2.75, 3.05) is 37.7 Å². The monoisotopic (exact) mass is 403 g/mol. The normalized spacial score (nSPS) is 20.4. The van der Waals surface area contributed by atoms with Gasteiger partial charge in [-0.25, -0.2) is 0 Å². The number of piperazine rings is 1. The Morgan fingerprint density at radius 3 is 3.00 bits per heavy atom. The third kappa shape index (κ3) is 3.79. The van der Waals surface area contributed by atoms with Gasteiger partial charge in [-0.05, 0) is 25.1 Å². The molecule has 0 spiro atoms. The molecule has 126 valence electrons. The summed E-state index contributed by atoms with van der Waals surface area (Å²) in [4.78, 5) is 28.0. The van der Waals surface area contributed by atoms with Crippen LogP contribution in [0.2, 0.25) is 0 Å². The summed E-state index contributed by atoms with van der Waals surface area (Å²) in [5.41, 5.74) is 0.649. The van der Waals surface area contributed by atoms with Crippen LogP contribution in [0.1, 0.15) is 6.92 Å². The van der Waals surface area contributed by atoms with E-state index in [2.05, 4.69) is 21.2 Å². The molecule has 2 heterocycles. The number of nitrogens with one attached hydrogen (secondary N) is 1. The van der Waals surface area contributed by atoms with E-state index in [1.54, 1.807) is 6.07 Å². The van der Waals surface area contributed by atoms with Crippen molar-refractivity contribution in [2.24, 2.45) is 0 Å². The Morgan fingerprint density at radius 1 is 1.48 bits per heavy atom. The van der Waals surface area contributed by atoms with E-state index < -0.39 is 0 Å². The largest absolute Gasteiger partial charge is 0.482 e. The van der Waals surface area contributed by atoms with Crippen LogP contribution >= 0.6 is 28.3 Å². The van der Waals surface area contributed by atoms with Gasteiger partial charge in [-0.15, -0.1) is 12.4 Å². The van der Waals surface area contributed by atoms with Crippen LogP contribution in [0.4, 0.5) is 5.69 Å². The second-order valence-electron chi connectivity index (χ2n) is 5.52. The molecule has 6 nitrogen and oxygen atoms in total. The first kappa shape index (κ1) is 18.0.